The van der Waals surface area contributed by atoms with E-state index in [2.05, 4.69) is 5.32 Å². The van der Waals surface area contributed by atoms with Gasteiger partial charge in [0.05, 0.1) is 12.5 Å². The topological polar surface area (TPSA) is 64.3 Å². The molecule has 4 nitrogen and oxygen atoms in total. The summed E-state index contributed by atoms with van der Waals surface area (Å²) in [5.74, 6) is -1.47. The summed E-state index contributed by atoms with van der Waals surface area (Å²) in [6.07, 6.45) is -0.144. The van der Waals surface area contributed by atoms with E-state index < -0.39 is 11.6 Å². The number of hydrogen-bond acceptors (Lipinski definition) is 3. The lowest BCUT2D eigenvalue weighted by Crippen LogP contribution is -2.38. The zero-order chi connectivity index (χ0) is 15.1. The van der Waals surface area contributed by atoms with Crippen molar-refractivity contribution in [1.82, 2.24) is 5.32 Å². The van der Waals surface area contributed by atoms with E-state index >= 15 is 0 Å². The fourth-order valence-corrected chi connectivity index (χ4v) is 1.89. The average molecular weight is 286 g/mol. The minimum absolute atomic E-state index is 0.0255. The highest BCUT2D eigenvalue weighted by molar-refractivity contribution is 5.76. The number of halogens is 2. The van der Waals surface area contributed by atoms with Gasteiger partial charge in [0, 0.05) is 25.3 Å². The molecular formula is C14H20F2N2O2. The summed E-state index contributed by atoms with van der Waals surface area (Å²) in [7, 11) is 1.48. The molecule has 6 heteroatoms. The first-order valence-corrected chi connectivity index (χ1v) is 6.43. The van der Waals surface area contributed by atoms with Gasteiger partial charge in [0.25, 0.3) is 0 Å². The van der Waals surface area contributed by atoms with E-state index in [0.717, 1.165) is 0 Å². The molecule has 0 aromatic heterocycles. The Hall–Kier alpha value is -1.53. The van der Waals surface area contributed by atoms with Gasteiger partial charge in [-0.3, -0.25) is 4.79 Å². The predicted octanol–water partition coefficient (Wildman–Crippen LogP) is 1.38. The van der Waals surface area contributed by atoms with E-state index in [1.807, 2.05) is 0 Å². The molecule has 0 saturated carbocycles. The van der Waals surface area contributed by atoms with E-state index in [0.29, 0.717) is 0 Å². The Kier molecular flexibility index (Phi) is 6.54. The van der Waals surface area contributed by atoms with Gasteiger partial charge in [-0.2, -0.15) is 0 Å². The van der Waals surface area contributed by atoms with Crippen molar-refractivity contribution < 1.29 is 18.3 Å². The highest BCUT2D eigenvalue weighted by atomic mass is 19.1. The van der Waals surface area contributed by atoms with Gasteiger partial charge in [-0.1, -0.05) is 6.07 Å². The van der Waals surface area contributed by atoms with E-state index in [1.165, 1.54) is 25.3 Å². The molecule has 0 saturated heterocycles. The molecule has 0 fully saturated rings. The first kappa shape index (κ1) is 16.5. The summed E-state index contributed by atoms with van der Waals surface area (Å²) in [6.45, 7) is 1.92. The standard InChI is InChI=1S/C14H20F2N2O2/c1-9(18-14(19)7-10(8-17)20-2)6-11-12(15)4-3-5-13(11)16/h3-5,9-10H,6-8,17H2,1-2H3,(H,18,19). The van der Waals surface area contributed by atoms with Crippen LogP contribution in [0.25, 0.3) is 0 Å². The van der Waals surface area contributed by atoms with Crippen LogP contribution < -0.4 is 11.1 Å². The number of nitrogens with one attached hydrogen (secondary N) is 1. The third-order valence-electron chi connectivity index (χ3n) is 2.99. The first-order valence-electron chi connectivity index (χ1n) is 6.43. The van der Waals surface area contributed by atoms with Crippen LogP contribution >= 0.6 is 0 Å². The van der Waals surface area contributed by atoms with Crippen molar-refractivity contribution in [3.05, 3.63) is 35.4 Å². The number of carbonyl (C=O) groups excluding carboxylic acids is 1. The molecule has 2 unspecified atom stereocenters. The van der Waals surface area contributed by atoms with Crippen molar-refractivity contribution in [1.29, 1.82) is 0 Å². The lowest BCUT2D eigenvalue weighted by atomic mass is 10.1. The molecule has 0 bridgehead atoms. The minimum Gasteiger partial charge on any atom is -0.380 e. The first-order chi connectivity index (χ1) is 9.47. The van der Waals surface area contributed by atoms with Crippen molar-refractivity contribution >= 4 is 5.91 Å². The molecule has 1 rings (SSSR count). The lowest BCUT2D eigenvalue weighted by Gasteiger charge is -2.17. The van der Waals surface area contributed by atoms with Gasteiger partial charge in [-0.25, -0.2) is 8.78 Å². The molecule has 1 aromatic carbocycles. The van der Waals surface area contributed by atoms with Crippen LogP contribution in [0.2, 0.25) is 0 Å². The molecule has 2 atom stereocenters. The summed E-state index contributed by atoms with van der Waals surface area (Å²) in [6, 6.07) is 3.32. The van der Waals surface area contributed by atoms with Gasteiger partial charge >= 0.3 is 0 Å². The number of methoxy groups -OCH3 is 1. The third kappa shape index (κ3) is 4.86. The minimum atomic E-state index is -0.608. The molecule has 20 heavy (non-hydrogen) atoms. The van der Waals surface area contributed by atoms with Gasteiger partial charge in [-0.05, 0) is 25.5 Å². The van der Waals surface area contributed by atoms with Gasteiger partial charge in [0.15, 0.2) is 0 Å². The third-order valence-corrected chi connectivity index (χ3v) is 2.99. The van der Waals surface area contributed by atoms with E-state index in [-0.39, 0.29) is 43.0 Å². The van der Waals surface area contributed by atoms with Gasteiger partial charge in [-0.15, -0.1) is 0 Å². The summed E-state index contributed by atoms with van der Waals surface area (Å²) < 4.78 is 32.0. The number of amides is 1. The van der Waals surface area contributed by atoms with Crippen LogP contribution in [0.4, 0.5) is 8.78 Å². The van der Waals surface area contributed by atoms with E-state index in [9.17, 15) is 13.6 Å². The normalized spacial score (nSPS) is 13.8. The number of benzene rings is 1. The summed E-state index contributed by atoms with van der Waals surface area (Å²) in [5.41, 5.74) is 5.40. The zero-order valence-corrected chi connectivity index (χ0v) is 11.7. The molecule has 3 N–H and O–H groups in total. The van der Waals surface area contributed by atoms with Crippen molar-refractivity contribution in [2.75, 3.05) is 13.7 Å². The van der Waals surface area contributed by atoms with Crippen LogP contribution in [0.1, 0.15) is 18.9 Å². The molecule has 0 heterocycles. The maximum absolute atomic E-state index is 13.5. The monoisotopic (exact) mass is 286 g/mol. The Bertz CT molecular complexity index is 431. The van der Waals surface area contributed by atoms with Gasteiger partial charge in [0.1, 0.15) is 11.6 Å². The lowest BCUT2D eigenvalue weighted by molar-refractivity contribution is -0.123. The number of carbonyl (C=O) groups is 1. The highest BCUT2D eigenvalue weighted by Gasteiger charge is 2.16. The Balaban J connectivity index is 2.55. The Morgan fingerprint density at radius 2 is 2.00 bits per heavy atom. The summed E-state index contributed by atoms with van der Waals surface area (Å²) >= 11 is 0. The molecule has 112 valence electrons. The molecule has 0 spiro atoms. The maximum Gasteiger partial charge on any atom is 0.222 e. The second-order valence-electron chi connectivity index (χ2n) is 4.67. The van der Waals surface area contributed by atoms with Crippen LogP contribution in [-0.4, -0.2) is 31.7 Å². The van der Waals surface area contributed by atoms with Gasteiger partial charge < -0.3 is 15.8 Å². The second kappa shape index (κ2) is 7.91. The quantitative estimate of drug-likeness (QED) is 0.796. The Morgan fingerprint density at radius 1 is 1.40 bits per heavy atom. The van der Waals surface area contributed by atoms with Crippen molar-refractivity contribution in [3.8, 4) is 0 Å². The molecule has 1 aromatic rings. The smallest absolute Gasteiger partial charge is 0.222 e. The molecule has 0 aliphatic rings. The predicted molar refractivity (Wildman–Crippen MR) is 72.1 cm³/mol. The average Bonchev–Trinajstić information content (AvgIpc) is 2.40. The zero-order valence-electron chi connectivity index (χ0n) is 11.7. The number of nitrogens with two attached hydrogens (primary N) is 1. The largest absolute Gasteiger partial charge is 0.380 e. The molecule has 0 radical (unpaired) electrons. The fourth-order valence-electron chi connectivity index (χ4n) is 1.89. The molecule has 1 amide bonds. The van der Waals surface area contributed by atoms with Crippen LogP contribution in [0.5, 0.6) is 0 Å². The van der Waals surface area contributed by atoms with E-state index in [4.69, 9.17) is 10.5 Å². The number of ether oxygens (including phenoxy) is 1. The SMILES string of the molecule is COC(CN)CC(=O)NC(C)Cc1c(F)cccc1F. The van der Waals surface area contributed by atoms with Crippen LogP contribution in [-0.2, 0) is 16.0 Å². The van der Waals surface area contributed by atoms with E-state index in [1.54, 1.807) is 6.92 Å². The second-order valence-corrected chi connectivity index (χ2v) is 4.67. The summed E-state index contributed by atoms with van der Waals surface area (Å²) in [5, 5.41) is 2.67. The van der Waals surface area contributed by atoms with Crippen LogP contribution in [0.15, 0.2) is 18.2 Å². The van der Waals surface area contributed by atoms with Crippen LogP contribution in [0, 0.1) is 11.6 Å². The summed E-state index contributed by atoms with van der Waals surface area (Å²) in [4.78, 5) is 11.7. The maximum atomic E-state index is 13.5. The Morgan fingerprint density at radius 3 is 2.50 bits per heavy atom. The van der Waals surface area contributed by atoms with Crippen molar-refractivity contribution in [2.45, 2.75) is 31.9 Å². The van der Waals surface area contributed by atoms with Crippen LogP contribution in [0.3, 0.4) is 0 Å². The molecule has 0 aliphatic carbocycles. The molecule has 0 aliphatic heterocycles. The van der Waals surface area contributed by atoms with Crippen molar-refractivity contribution in [2.24, 2.45) is 5.73 Å². The fraction of sp³-hybridized carbons (Fsp3) is 0.500. The highest BCUT2D eigenvalue weighted by Crippen LogP contribution is 2.14. The van der Waals surface area contributed by atoms with Gasteiger partial charge in [0.2, 0.25) is 5.91 Å². The molecular weight excluding hydrogens is 266 g/mol. The van der Waals surface area contributed by atoms with Crippen molar-refractivity contribution in [3.63, 3.8) is 0 Å². The number of hydrogen-bond donors (Lipinski definition) is 2. The Labute approximate surface area is 117 Å². The number of rotatable bonds is 7.